The lowest BCUT2D eigenvalue weighted by Gasteiger charge is -2.05. The molecule has 19 heavy (non-hydrogen) atoms. The maximum atomic E-state index is 3.52. The van der Waals surface area contributed by atoms with E-state index < -0.39 is 0 Å². The van der Waals surface area contributed by atoms with Crippen LogP contribution in [0.15, 0.2) is 29.2 Å². The molecule has 0 amide bonds. The Morgan fingerprint density at radius 1 is 0.947 bits per heavy atom. The van der Waals surface area contributed by atoms with E-state index in [0.717, 1.165) is 13.1 Å². The summed E-state index contributed by atoms with van der Waals surface area (Å²) in [6, 6.07) is 8.85. The fraction of sp³-hybridized carbons (Fsp3) is 0.625. The van der Waals surface area contributed by atoms with Crippen molar-refractivity contribution in [2.75, 3.05) is 12.8 Å². The van der Waals surface area contributed by atoms with Crippen LogP contribution in [0.4, 0.5) is 0 Å². The zero-order chi connectivity index (χ0) is 13.1. The van der Waals surface area contributed by atoms with Gasteiger partial charge in [-0.3, -0.25) is 0 Å². The molecular weight excluding hydrogens is 274 g/mol. The molecule has 0 spiro atoms. The Balaban J connectivity index is 0.00000324. The van der Waals surface area contributed by atoms with Crippen LogP contribution in [0.1, 0.15) is 51.0 Å². The summed E-state index contributed by atoms with van der Waals surface area (Å²) in [5, 5.41) is 3.52. The van der Waals surface area contributed by atoms with E-state index in [9.17, 15) is 0 Å². The Kier molecular flexibility index (Phi) is 12.7. The van der Waals surface area contributed by atoms with Gasteiger partial charge < -0.3 is 5.32 Å². The zero-order valence-corrected chi connectivity index (χ0v) is 13.9. The predicted molar refractivity (Wildman–Crippen MR) is 90.6 cm³/mol. The van der Waals surface area contributed by atoms with Crippen LogP contribution in [0, 0.1) is 0 Å². The second kappa shape index (κ2) is 12.8. The highest BCUT2D eigenvalue weighted by Gasteiger charge is 1.94. The van der Waals surface area contributed by atoms with Crippen molar-refractivity contribution in [1.82, 2.24) is 5.32 Å². The lowest BCUT2D eigenvalue weighted by molar-refractivity contribution is 0.572. The lowest BCUT2D eigenvalue weighted by Crippen LogP contribution is -2.14. The number of hydrogen-bond donors (Lipinski definition) is 1. The van der Waals surface area contributed by atoms with Gasteiger partial charge in [0.2, 0.25) is 0 Å². The van der Waals surface area contributed by atoms with Crippen LogP contribution in [-0.4, -0.2) is 12.8 Å². The first-order valence-corrected chi connectivity index (χ1v) is 8.43. The van der Waals surface area contributed by atoms with E-state index in [1.807, 2.05) is 0 Å². The summed E-state index contributed by atoms with van der Waals surface area (Å²) in [6.07, 6.45) is 10.3. The smallest absolute Gasteiger partial charge is 0.0205 e. The molecule has 0 atom stereocenters. The summed E-state index contributed by atoms with van der Waals surface area (Å²) in [7, 11) is 0. The van der Waals surface area contributed by atoms with Crippen molar-refractivity contribution < 1.29 is 0 Å². The highest BCUT2D eigenvalue weighted by atomic mass is 35.5. The molecule has 1 aromatic rings. The minimum Gasteiger partial charge on any atom is -0.313 e. The minimum absolute atomic E-state index is 0. The molecule has 0 aliphatic rings. The molecule has 3 heteroatoms. The minimum atomic E-state index is 0. The van der Waals surface area contributed by atoms with Crippen molar-refractivity contribution in [3.8, 4) is 0 Å². The number of unbranched alkanes of at least 4 members (excludes halogenated alkanes) is 5. The molecule has 0 unspecified atom stereocenters. The summed E-state index contributed by atoms with van der Waals surface area (Å²) in [5.74, 6) is 0. The molecule has 1 rings (SSSR count). The predicted octanol–water partition coefficient (Wildman–Crippen LogP) is 5.28. The molecule has 0 radical (unpaired) electrons. The van der Waals surface area contributed by atoms with Crippen LogP contribution in [0.2, 0.25) is 0 Å². The second-order valence-electron chi connectivity index (χ2n) is 4.79. The number of halogens is 1. The maximum absolute atomic E-state index is 3.52. The third-order valence-corrected chi connectivity index (χ3v) is 3.94. The van der Waals surface area contributed by atoms with Crippen LogP contribution in [0.3, 0.4) is 0 Å². The summed E-state index contributed by atoms with van der Waals surface area (Å²) in [5.41, 5.74) is 1.39. The van der Waals surface area contributed by atoms with Gasteiger partial charge in [-0.25, -0.2) is 0 Å². The highest BCUT2D eigenvalue weighted by molar-refractivity contribution is 7.98. The standard InChI is InChI=1S/C16H27NS.ClH/c1-3-4-5-6-7-8-13-17-14-15-9-11-16(18-2)12-10-15;/h9-12,17H,3-8,13-14H2,1-2H3;1H. The van der Waals surface area contributed by atoms with Gasteiger partial charge in [0.05, 0.1) is 0 Å². The molecule has 0 fully saturated rings. The van der Waals surface area contributed by atoms with Gasteiger partial charge in [0.25, 0.3) is 0 Å². The van der Waals surface area contributed by atoms with Crippen molar-refractivity contribution >= 4 is 24.2 Å². The van der Waals surface area contributed by atoms with Crippen LogP contribution in [-0.2, 0) is 6.54 Å². The van der Waals surface area contributed by atoms with E-state index in [0.29, 0.717) is 0 Å². The van der Waals surface area contributed by atoms with E-state index in [1.54, 1.807) is 11.8 Å². The Hall–Kier alpha value is -0.180. The van der Waals surface area contributed by atoms with Crippen molar-refractivity contribution in [3.63, 3.8) is 0 Å². The summed E-state index contributed by atoms with van der Waals surface area (Å²) >= 11 is 1.80. The average Bonchev–Trinajstić information content (AvgIpc) is 2.42. The van der Waals surface area contributed by atoms with E-state index in [4.69, 9.17) is 0 Å². The van der Waals surface area contributed by atoms with Crippen molar-refractivity contribution in [2.24, 2.45) is 0 Å². The number of nitrogens with one attached hydrogen (secondary N) is 1. The van der Waals surface area contributed by atoms with Crippen LogP contribution in [0.25, 0.3) is 0 Å². The van der Waals surface area contributed by atoms with E-state index in [-0.39, 0.29) is 12.4 Å². The Labute approximate surface area is 129 Å². The topological polar surface area (TPSA) is 12.0 Å². The molecule has 0 heterocycles. The first-order valence-electron chi connectivity index (χ1n) is 7.20. The lowest BCUT2D eigenvalue weighted by atomic mass is 10.1. The van der Waals surface area contributed by atoms with E-state index in [1.165, 1.54) is 49.0 Å². The molecule has 1 N–H and O–H groups in total. The van der Waals surface area contributed by atoms with Gasteiger partial charge in [-0.05, 0) is 36.9 Å². The molecule has 0 aliphatic heterocycles. The largest absolute Gasteiger partial charge is 0.313 e. The molecule has 0 saturated carbocycles. The zero-order valence-electron chi connectivity index (χ0n) is 12.3. The first-order chi connectivity index (χ1) is 8.86. The molecular formula is C16H28ClNS. The van der Waals surface area contributed by atoms with Gasteiger partial charge in [-0.15, -0.1) is 24.2 Å². The van der Waals surface area contributed by atoms with E-state index in [2.05, 4.69) is 42.8 Å². The monoisotopic (exact) mass is 301 g/mol. The third kappa shape index (κ3) is 9.37. The van der Waals surface area contributed by atoms with Crippen molar-refractivity contribution in [3.05, 3.63) is 29.8 Å². The first kappa shape index (κ1) is 18.8. The SMILES string of the molecule is CCCCCCCCNCc1ccc(SC)cc1.Cl. The van der Waals surface area contributed by atoms with Gasteiger partial charge in [0.1, 0.15) is 0 Å². The number of benzene rings is 1. The molecule has 110 valence electrons. The highest BCUT2D eigenvalue weighted by Crippen LogP contribution is 2.14. The average molecular weight is 302 g/mol. The number of hydrogen-bond acceptors (Lipinski definition) is 2. The van der Waals surface area contributed by atoms with Crippen LogP contribution in [0.5, 0.6) is 0 Å². The quantitative estimate of drug-likeness (QED) is 0.466. The summed E-state index contributed by atoms with van der Waals surface area (Å²) < 4.78 is 0. The second-order valence-corrected chi connectivity index (χ2v) is 5.67. The third-order valence-electron chi connectivity index (χ3n) is 3.20. The van der Waals surface area contributed by atoms with Crippen LogP contribution >= 0.6 is 24.2 Å². The Bertz CT molecular complexity index is 300. The van der Waals surface area contributed by atoms with Gasteiger partial charge in [0, 0.05) is 11.4 Å². The van der Waals surface area contributed by atoms with Crippen LogP contribution < -0.4 is 5.32 Å². The van der Waals surface area contributed by atoms with Gasteiger partial charge in [0.15, 0.2) is 0 Å². The summed E-state index contributed by atoms with van der Waals surface area (Å²) in [4.78, 5) is 1.34. The molecule has 0 aliphatic carbocycles. The number of thioether (sulfide) groups is 1. The normalized spacial score (nSPS) is 10.2. The molecule has 1 nitrogen and oxygen atoms in total. The van der Waals surface area contributed by atoms with Gasteiger partial charge >= 0.3 is 0 Å². The molecule has 1 aromatic carbocycles. The Morgan fingerprint density at radius 2 is 1.58 bits per heavy atom. The molecule has 0 bridgehead atoms. The van der Waals surface area contributed by atoms with Gasteiger partial charge in [-0.1, -0.05) is 51.2 Å². The fourth-order valence-corrected chi connectivity index (χ4v) is 2.41. The van der Waals surface area contributed by atoms with Crippen molar-refractivity contribution in [1.29, 1.82) is 0 Å². The fourth-order valence-electron chi connectivity index (χ4n) is 2.01. The summed E-state index contributed by atoms with van der Waals surface area (Å²) in [6.45, 7) is 4.42. The van der Waals surface area contributed by atoms with Crippen molar-refractivity contribution in [2.45, 2.75) is 56.9 Å². The maximum Gasteiger partial charge on any atom is 0.0205 e. The molecule has 0 aromatic heterocycles. The Morgan fingerprint density at radius 3 is 2.21 bits per heavy atom. The van der Waals surface area contributed by atoms with E-state index >= 15 is 0 Å². The molecule has 0 saturated heterocycles. The van der Waals surface area contributed by atoms with Gasteiger partial charge in [-0.2, -0.15) is 0 Å². The number of rotatable bonds is 10.